The maximum absolute atomic E-state index is 11.8. The number of hydrazine groups is 1. The number of hydrogen-bond acceptors (Lipinski definition) is 4. The van der Waals surface area contributed by atoms with Crippen LogP contribution in [0.5, 0.6) is 5.75 Å². The van der Waals surface area contributed by atoms with Gasteiger partial charge in [-0.3, -0.25) is 20.4 Å². The molecule has 0 spiro atoms. The fraction of sp³-hybridized carbons (Fsp3) is 0.222. The third-order valence-corrected chi connectivity index (χ3v) is 4.75. The van der Waals surface area contributed by atoms with E-state index in [0.717, 1.165) is 16.0 Å². The van der Waals surface area contributed by atoms with Crippen LogP contribution >= 0.6 is 23.4 Å². The van der Waals surface area contributed by atoms with Crippen molar-refractivity contribution in [1.29, 1.82) is 0 Å². The minimum atomic E-state index is -0.433. The van der Waals surface area contributed by atoms with Gasteiger partial charge in [-0.1, -0.05) is 35.9 Å². The molecule has 0 heterocycles. The van der Waals surface area contributed by atoms with Crippen molar-refractivity contribution in [2.24, 2.45) is 0 Å². The van der Waals surface area contributed by atoms with E-state index in [1.165, 1.54) is 11.8 Å². The van der Waals surface area contributed by atoms with Crippen molar-refractivity contribution in [2.45, 2.75) is 18.7 Å². The number of carbonyl (C=O) groups is 2. The van der Waals surface area contributed by atoms with Gasteiger partial charge < -0.3 is 4.74 Å². The molecule has 0 saturated carbocycles. The number of hydrogen-bond donors (Lipinski definition) is 2. The first-order valence-corrected chi connectivity index (χ1v) is 8.97. The van der Waals surface area contributed by atoms with Gasteiger partial charge in [0.25, 0.3) is 5.91 Å². The molecule has 2 N–H and O–H groups in total. The Balaban J connectivity index is 1.71. The molecule has 0 saturated heterocycles. The molecule has 25 heavy (non-hydrogen) atoms. The zero-order valence-corrected chi connectivity index (χ0v) is 15.5. The highest BCUT2D eigenvalue weighted by molar-refractivity contribution is 8.00. The molecule has 0 bridgehead atoms. The summed E-state index contributed by atoms with van der Waals surface area (Å²) in [5.74, 6) is 0.0275. The van der Waals surface area contributed by atoms with E-state index < -0.39 is 5.91 Å². The van der Waals surface area contributed by atoms with Gasteiger partial charge in [-0.25, -0.2) is 0 Å². The first-order valence-electron chi connectivity index (χ1n) is 7.61. The van der Waals surface area contributed by atoms with Crippen LogP contribution in [-0.2, 0) is 9.59 Å². The number of benzene rings is 2. The molecule has 7 heteroatoms. The Kier molecular flexibility index (Phi) is 7.16. The zero-order valence-electron chi connectivity index (χ0n) is 14.0. The van der Waals surface area contributed by atoms with Crippen molar-refractivity contribution in [2.75, 3.05) is 12.4 Å². The van der Waals surface area contributed by atoms with Crippen LogP contribution in [0.25, 0.3) is 0 Å². The summed E-state index contributed by atoms with van der Waals surface area (Å²) in [6.07, 6.45) is 0. The normalized spacial score (nSPS) is 10.2. The Labute approximate surface area is 156 Å². The van der Waals surface area contributed by atoms with Crippen molar-refractivity contribution in [3.8, 4) is 5.75 Å². The van der Waals surface area contributed by atoms with Crippen molar-refractivity contribution in [3.63, 3.8) is 0 Å². The minimum Gasteiger partial charge on any atom is -0.483 e. The SMILES string of the molecule is Cc1ccc(C)c(OCC(=O)NNC(=O)CSc2ccccc2Cl)c1. The van der Waals surface area contributed by atoms with Gasteiger partial charge in [-0.2, -0.15) is 0 Å². The maximum Gasteiger partial charge on any atom is 0.276 e. The Morgan fingerprint density at radius 3 is 2.56 bits per heavy atom. The first-order chi connectivity index (χ1) is 12.0. The fourth-order valence-corrected chi connectivity index (χ4v) is 2.96. The molecule has 2 amide bonds. The van der Waals surface area contributed by atoms with Gasteiger partial charge in [0.15, 0.2) is 6.61 Å². The molecule has 2 aromatic rings. The number of carbonyl (C=O) groups excluding carboxylic acids is 2. The lowest BCUT2D eigenvalue weighted by atomic mass is 10.1. The number of thioether (sulfide) groups is 1. The van der Waals surface area contributed by atoms with Crippen LogP contribution < -0.4 is 15.6 Å². The second kappa shape index (κ2) is 9.34. The lowest BCUT2D eigenvalue weighted by molar-refractivity contribution is -0.128. The lowest BCUT2D eigenvalue weighted by Crippen LogP contribution is -2.44. The average Bonchev–Trinajstić information content (AvgIpc) is 2.60. The molecule has 0 unspecified atom stereocenters. The smallest absolute Gasteiger partial charge is 0.276 e. The molecular formula is C18H19ClN2O3S. The van der Waals surface area contributed by atoms with E-state index in [9.17, 15) is 9.59 Å². The number of rotatable bonds is 6. The Bertz CT molecular complexity index is 768. The topological polar surface area (TPSA) is 67.4 Å². The van der Waals surface area contributed by atoms with E-state index in [1.807, 2.05) is 50.2 Å². The number of halogens is 1. The number of nitrogens with one attached hydrogen (secondary N) is 2. The molecule has 2 aromatic carbocycles. The minimum absolute atomic E-state index is 0.141. The van der Waals surface area contributed by atoms with E-state index in [1.54, 1.807) is 6.07 Å². The summed E-state index contributed by atoms with van der Waals surface area (Å²) in [4.78, 5) is 24.4. The van der Waals surface area contributed by atoms with Gasteiger partial charge in [0, 0.05) is 4.90 Å². The van der Waals surface area contributed by atoms with Gasteiger partial charge in [-0.15, -0.1) is 11.8 Å². The molecule has 0 radical (unpaired) electrons. The van der Waals surface area contributed by atoms with E-state index >= 15 is 0 Å². The molecule has 132 valence electrons. The summed E-state index contributed by atoms with van der Waals surface area (Å²) < 4.78 is 5.47. The quantitative estimate of drug-likeness (QED) is 0.598. The third-order valence-electron chi connectivity index (χ3n) is 3.24. The Morgan fingerprint density at radius 2 is 1.80 bits per heavy atom. The predicted molar refractivity (Wildman–Crippen MR) is 99.9 cm³/mol. The van der Waals surface area contributed by atoms with E-state index in [2.05, 4.69) is 10.9 Å². The van der Waals surface area contributed by atoms with Crippen molar-refractivity contribution in [1.82, 2.24) is 10.9 Å². The van der Waals surface area contributed by atoms with Crippen molar-refractivity contribution in [3.05, 3.63) is 58.6 Å². The van der Waals surface area contributed by atoms with Crippen LogP contribution in [0, 0.1) is 13.8 Å². The van der Waals surface area contributed by atoms with Crippen molar-refractivity contribution < 1.29 is 14.3 Å². The second-order valence-electron chi connectivity index (χ2n) is 5.37. The highest BCUT2D eigenvalue weighted by atomic mass is 35.5. The summed E-state index contributed by atoms with van der Waals surface area (Å²) in [6.45, 7) is 3.67. The van der Waals surface area contributed by atoms with Crippen LogP contribution in [0.4, 0.5) is 0 Å². The van der Waals surface area contributed by atoms with Gasteiger partial charge in [-0.05, 0) is 43.2 Å². The number of amides is 2. The van der Waals surface area contributed by atoms with Gasteiger partial charge in [0.2, 0.25) is 5.91 Å². The van der Waals surface area contributed by atoms with E-state index in [4.69, 9.17) is 16.3 Å². The highest BCUT2D eigenvalue weighted by Gasteiger charge is 2.08. The molecule has 2 rings (SSSR count). The zero-order chi connectivity index (χ0) is 18.2. The van der Waals surface area contributed by atoms with Crippen molar-refractivity contribution >= 4 is 35.2 Å². The Morgan fingerprint density at radius 1 is 1.08 bits per heavy atom. The fourth-order valence-electron chi connectivity index (χ4n) is 1.92. The Hall–Kier alpha value is -2.18. The summed E-state index contributed by atoms with van der Waals surface area (Å²) in [5, 5.41) is 0.589. The van der Waals surface area contributed by atoms with Crippen LogP contribution in [0.15, 0.2) is 47.4 Å². The van der Waals surface area contributed by atoms with Crippen LogP contribution in [-0.4, -0.2) is 24.2 Å². The van der Waals surface area contributed by atoms with Crippen LogP contribution in [0.3, 0.4) is 0 Å². The number of ether oxygens (including phenoxy) is 1. The average molecular weight is 379 g/mol. The molecule has 5 nitrogen and oxygen atoms in total. The first kappa shape index (κ1) is 19.1. The predicted octanol–water partition coefficient (Wildman–Crippen LogP) is 3.28. The summed E-state index contributed by atoms with van der Waals surface area (Å²) >= 11 is 7.31. The molecular weight excluding hydrogens is 360 g/mol. The van der Waals surface area contributed by atoms with Crippen LogP contribution in [0.1, 0.15) is 11.1 Å². The molecule has 0 aliphatic heterocycles. The molecule has 0 aliphatic rings. The highest BCUT2D eigenvalue weighted by Crippen LogP contribution is 2.26. The number of aryl methyl sites for hydroxylation is 2. The van der Waals surface area contributed by atoms with Gasteiger partial charge in [0.05, 0.1) is 10.8 Å². The van der Waals surface area contributed by atoms with Crippen LogP contribution in [0.2, 0.25) is 5.02 Å². The second-order valence-corrected chi connectivity index (χ2v) is 6.80. The summed E-state index contributed by atoms with van der Waals surface area (Å²) in [7, 11) is 0. The van der Waals surface area contributed by atoms with E-state index in [0.29, 0.717) is 10.8 Å². The molecule has 0 fully saturated rings. The summed E-state index contributed by atoms with van der Waals surface area (Å²) in [6, 6.07) is 13.0. The van der Waals surface area contributed by atoms with Gasteiger partial charge in [0.1, 0.15) is 5.75 Å². The van der Waals surface area contributed by atoms with E-state index in [-0.39, 0.29) is 18.3 Å². The molecule has 0 atom stereocenters. The monoisotopic (exact) mass is 378 g/mol. The third kappa shape index (κ3) is 6.32. The summed E-state index contributed by atoms with van der Waals surface area (Å²) in [5.41, 5.74) is 6.67. The van der Waals surface area contributed by atoms with Gasteiger partial charge >= 0.3 is 0 Å². The molecule has 0 aromatic heterocycles. The standard InChI is InChI=1S/C18H19ClN2O3S/c1-12-7-8-13(2)15(9-12)24-10-17(22)20-21-18(23)11-25-16-6-4-3-5-14(16)19/h3-9H,10-11H2,1-2H3,(H,20,22)(H,21,23). The maximum atomic E-state index is 11.8. The molecule has 0 aliphatic carbocycles. The lowest BCUT2D eigenvalue weighted by Gasteiger charge is -2.11. The largest absolute Gasteiger partial charge is 0.483 e.